The predicted octanol–water partition coefficient (Wildman–Crippen LogP) is 4.08. The van der Waals surface area contributed by atoms with Gasteiger partial charge in [0.05, 0.1) is 6.20 Å². The van der Waals surface area contributed by atoms with Crippen LogP contribution in [0.25, 0.3) is 5.69 Å². The molecule has 0 spiro atoms. The second kappa shape index (κ2) is 9.56. The third kappa shape index (κ3) is 4.55. The number of hydrogen-bond acceptors (Lipinski definition) is 4. The van der Waals surface area contributed by atoms with Gasteiger partial charge in [-0.3, -0.25) is 14.2 Å². The van der Waals surface area contributed by atoms with E-state index in [1.54, 1.807) is 27.8 Å². The molecule has 6 nitrogen and oxygen atoms in total. The molecule has 8 heteroatoms. The van der Waals surface area contributed by atoms with E-state index in [4.69, 9.17) is 0 Å². The van der Waals surface area contributed by atoms with Gasteiger partial charge in [-0.2, -0.15) is 0 Å². The summed E-state index contributed by atoms with van der Waals surface area (Å²) in [6, 6.07) is 13.6. The molecule has 1 aromatic heterocycles. The first-order chi connectivity index (χ1) is 15.5. The molecule has 2 aromatic carbocycles. The summed E-state index contributed by atoms with van der Waals surface area (Å²) in [5, 5.41) is 3.76. The van der Waals surface area contributed by atoms with Crippen molar-refractivity contribution in [1.29, 1.82) is 0 Å². The Labute approximate surface area is 190 Å². The van der Waals surface area contributed by atoms with E-state index in [1.165, 1.54) is 23.9 Å². The number of piperidine rings is 1. The van der Waals surface area contributed by atoms with Gasteiger partial charge in [-0.15, -0.1) is 0 Å². The zero-order valence-corrected chi connectivity index (χ0v) is 18.9. The Hall–Kier alpha value is -3.13. The number of aromatic nitrogens is 2. The lowest BCUT2D eigenvalue weighted by Gasteiger charge is -2.32. The van der Waals surface area contributed by atoms with Crippen molar-refractivity contribution in [2.24, 2.45) is 0 Å². The van der Waals surface area contributed by atoms with Gasteiger partial charge in [0, 0.05) is 30.4 Å². The number of carbonyl (C=O) groups excluding carboxylic acids is 2. The van der Waals surface area contributed by atoms with Gasteiger partial charge >= 0.3 is 0 Å². The number of hydrogen-bond donors (Lipinski definition) is 1. The SMILES string of the molecule is CSc1ncc(C(=O)N2CCC(NC(=O)c3ccccc3C)CC2)n1-c1ccc(F)cc1. The Balaban J connectivity index is 1.44. The maximum Gasteiger partial charge on any atom is 0.272 e. The van der Waals surface area contributed by atoms with Crippen molar-refractivity contribution in [2.75, 3.05) is 19.3 Å². The Morgan fingerprint density at radius 3 is 2.44 bits per heavy atom. The summed E-state index contributed by atoms with van der Waals surface area (Å²) >= 11 is 1.43. The van der Waals surface area contributed by atoms with E-state index in [0.717, 1.165) is 5.56 Å². The van der Waals surface area contributed by atoms with Crippen LogP contribution < -0.4 is 5.32 Å². The minimum absolute atomic E-state index is 0.0231. The molecular formula is C24H25FN4O2S. The number of carbonyl (C=O) groups is 2. The van der Waals surface area contributed by atoms with Crippen LogP contribution in [-0.4, -0.2) is 51.7 Å². The molecule has 0 radical (unpaired) electrons. The molecule has 1 aliphatic heterocycles. The molecule has 1 aliphatic rings. The highest BCUT2D eigenvalue weighted by Gasteiger charge is 2.28. The fraction of sp³-hybridized carbons (Fsp3) is 0.292. The number of imidazole rings is 1. The minimum Gasteiger partial charge on any atom is -0.349 e. The lowest BCUT2D eigenvalue weighted by Crippen LogP contribution is -2.47. The Kier molecular flexibility index (Phi) is 6.60. The summed E-state index contributed by atoms with van der Waals surface area (Å²) in [7, 11) is 0. The number of thioether (sulfide) groups is 1. The Bertz CT molecular complexity index is 1120. The second-order valence-corrected chi connectivity index (χ2v) is 8.57. The average molecular weight is 453 g/mol. The Morgan fingerprint density at radius 1 is 1.09 bits per heavy atom. The number of rotatable bonds is 5. The van der Waals surface area contributed by atoms with Gasteiger partial charge in [0.25, 0.3) is 11.8 Å². The highest BCUT2D eigenvalue weighted by molar-refractivity contribution is 7.98. The van der Waals surface area contributed by atoms with E-state index in [0.29, 0.717) is 48.0 Å². The van der Waals surface area contributed by atoms with Crippen molar-refractivity contribution in [3.8, 4) is 5.69 Å². The molecule has 1 N–H and O–H groups in total. The molecule has 0 saturated carbocycles. The first-order valence-electron chi connectivity index (χ1n) is 10.5. The standard InChI is InChI=1S/C24H25FN4O2S/c1-16-5-3-4-6-20(16)22(30)27-18-11-13-28(14-12-18)23(31)21-15-26-24(32-2)29(21)19-9-7-17(25)8-10-19/h3-10,15,18H,11-14H2,1-2H3,(H,27,30). The van der Waals surface area contributed by atoms with Crippen LogP contribution in [0.1, 0.15) is 39.3 Å². The molecule has 1 fully saturated rings. The molecule has 2 heterocycles. The summed E-state index contributed by atoms with van der Waals surface area (Å²) in [6.45, 7) is 3.00. The van der Waals surface area contributed by atoms with E-state index in [-0.39, 0.29) is 23.7 Å². The van der Waals surface area contributed by atoms with E-state index in [9.17, 15) is 14.0 Å². The van der Waals surface area contributed by atoms with Crippen LogP contribution in [-0.2, 0) is 0 Å². The van der Waals surface area contributed by atoms with Crippen LogP contribution in [0, 0.1) is 12.7 Å². The van der Waals surface area contributed by atoms with Crippen molar-refractivity contribution in [1.82, 2.24) is 19.8 Å². The summed E-state index contributed by atoms with van der Waals surface area (Å²) in [6.07, 6.45) is 4.83. The molecule has 0 unspecified atom stereocenters. The molecule has 4 rings (SSSR count). The fourth-order valence-corrected chi connectivity index (χ4v) is 4.49. The Morgan fingerprint density at radius 2 is 1.78 bits per heavy atom. The number of aryl methyl sites for hydroxylation is 1. The zero-order valence-electron chi connectivity index (χ0n) is 18.0. The first kappa shape index (κ1) is 22.1. The van der Waals surface area contributed by atoms with Crippen LogP contribution in [0.5, 0.6) is 0 Å². The van der Waals surface area contributed by atoms with Crippen LogP contribution in [0.2, 0.25) is 0 Å². The number of nitrogens with one attached hydrogen (secondary N) is 1. The molecule has 0 atom stereocenters. The molecule has 0 aliphatic carbocycles. The van der Waals surface area contributed by atoms with Crippen LogP contribution >= 0.6 is 11.8 Å². The summed E-state index contributed by atoms with van der Waals surface area (Å²) in [4.78, 5) is 32.0. The van der Waals surface area contributed by atoms with E-state index >= 15 is 0 Å². The second-order valence-electron chi connectivity index (χ2n) is 7.80. The first-order valence-corrected chi connectivity index (χ1v) is 11.7. The number of halogens is 1. The topological polar surface area (TPSA) is 67.2 Å². The van der Waals surface area contributed by atoms with Gasteiger partial charge in [0.2, 0.25) is 0 Å². The maximum atomic E-state index is 13.4. The average Bonchev–Trinajstić information content (AvgIpc) is 3.24. The number of benzene rings is 2. The van der Waals surface area contributed by atoms with Gasteiger partial charge in [-0.05, 0) is 61.9 Å². The lowest BCUT2D eigenvalue weighted by atomic mass is 10.0. The lowest BCUT2D eigenvalue weighted by molar-refractivity contribution is 0.0689. The van der Waals surface area contributed by atoms with E-state index in [2.05, 4.69) is 10.3 Å². The van der Waals surface area contributed by atoms with Crippen LogP contribution in [0.15, 0.2) is 59.9 Å². The molecular weight excluding hydrogens is 427 g/mol. The highest BCUT2D eigenvalue weighted by atomic mass is 32.2. The predicted molar refractivity (Wildman–Crippen MR) is 123 cm³/mol. The van der Waals surface area contributed by atoms with Crippen LogP contribution in [0.3, 0.4) is 0 Å². The third-order valence-corrected chi connectivity index (χ3v) is 6.38. The molecule has 3 aromatic rings. The quantitative estimate of drug-likeness (QED) is 0.593. The number of nitrogens with zero attached hydrogens (tertiary/aromatic N) is 3. The van der Waals surface area contributed by atoms with Crippen molar-refractivity contribution >= 4 is 23.6 Å². The summed E-state index contributed by atoms with van der Waals surface area (Å²) < 4.78 is 15.1. The van der Waals surface area contributed by atoms with E-state index in [1.807, 2.05) is 37.4 Å². The van der Waals surface area contributed by atoms with Crippen molar-refractivity contribution in [2.45, 2.75) is 31.0 Å². The maximum absolute atomic E-state index is 13.4. The monoisotopic (exact) mass is 452 g/mol. The van der Waals surface area contributed by atoms with Crippen LogP contribution in [0.4, 0.5) is 4.39 Å². The summed E-state index contributed by atoms with van der Waals surface area (Å²) in [5.74, 6) is -0.528. The zero-order chi connectivity index (χ0) is 22.7. The molecule has 32 heavy (non-hydrogen) atoms. The van der Waals surface area contributed by atoms with Crippen molar-refractivity contribution < 1.29 is 14.0 Å². The minimum atomic E-state index is -0.331. The number of likely N-dealkylation sites (tertiary alicyclic amines) is 1. The van der Waals surface area contributed by atoms with E-state index < -0.39 is 0 Å². The van der Waals surface area contributed by atoms with Crippen molar-refractivity contribution in [3.63, 3.8) is 0 Å². The smallest absolute Gasteiger partial charge is 0.272 e. The van der Waals surface area contributed by atoms with Gasteiger partial charge in [0.15, 0.2) is 5.16 Å². The molecule has 166 valence electrons. The number of amides is 2. The fourth-order valence-electron chi connectivity index (χ4n) is 3.95. The third-order valence-electron chi connectivity index (χ3n) is 5.72. The van der Waals surface area contributed by atoms with Gasteiger partial charge in [-0.1, -0.05) is 30.0 Å². The van der Waals surface area contributed by atoms with Gasteiger partial charge in [-0.25, -0.2) is 9.37 Å². The van der Waals surface area contributed by atoms with Crippen molar-refractivity contribution in [3.05, 3.63) is 77.4 Å². The summed E-state index contributed by atoms with van der Waals surface area (Å²) in [5.41, 5.74) is 2.76. The molecule has 0 bridgehead atoms. The molecule has 2 amide bonds. The highest BCUT2D eigenvalue weighted by Crippen LogP contribution is 2.24. The van der Waals surface area contributed by atoms with Gasteiger partial charge in [0.1, 0.15) is 11.5 Å². The largest absolute Gasteiger partial charge is 0.349 e. The normalized spacial score (nSPS) is 14.4. The van der Waals surface area contributed by atoms with Gasteiger partial charge < -0.3 is 10.2 Å². The molecule has 1 saturated heterocycles.